The minimum absolute atomic E-state index is 0.138. The third-order valence-electron chi connectivity index (χ3n) is 6.01. The number of nitrogens with one attached hydrogen (secondary N) is 1. The van der Waals surface area contributed by atoms with Crippen LogP contribution < -0.4 is 10.1 Å². The number of esters is 1. The Morgan fingerprint density at radius 3 is 2.51 bits per heavy atom. The summed E-state index contributed by atoms with van der Waals surface area (Å²) in [5.74, 6) is 0.233. The molecule has 0 radical (unpaired) electrons. The molecule has 0 saturated carbocycles. The molecule has 0 aliphatic carbocycles. The highest BCUT2D eigenvalue weighted by Crippen LogP contribution is 2.33. The van der Waals surface area contributed by atoms with Crippen LogP contribution in [0.2, 0.25) is 0 Å². The smallest absolute Gasteiger partial charge is 0.340 e. The first-order valence-corrected chi connectivity index (χ1v) is 11.9. The van der Waals surface area contributed by atoms with Gasteiger partial charge in [-0.3, -0.25) is 0 Å². The van der Waals surface area contributed by atoms with Crippen molar-refractivity contribution in [3.05, 3.63) is 95.2 Å². The molecule has 1 unspecified atom stereocenters. The van der Waals surface area contributed by atoms with Gasteiger partial charge in [-0.1, -0.05) is 48.5 Å². The Morgan fingerprint density at radius 1 is 1.03 bits per heavy atom. The third-order valence-corrected chi connectivity index (χ3v) is 6.01. The lowest BCUT2D eigenvalue weighted by atomic mass is 10.1. The van der Waals surface area contributed by atoms with E-state index in [1.807, 2.05) is 73.7 Å². The van der Waals surface area contributed by atoms with Crippen molar-refractivity contribution in [1.29, 1.82) is 0 Å². The number of aliphatic hydroxyl groups is 1. The Balaban J connectivity index is 1.55. The van der Waals surface area contributed by atoms with Gasteiger partial charge in [-0.25, -0.2) is 4.79 Å². The summed E-state index contributed by atoms with van der Waals surface area (Å²) in [5, 5.41) is 14.4. The second-order valence-corrected chi connectivity index (χ2v) is 8.56. The molecule has 35 heavy (non-hydrogen) atoms. The lowest BCUT2D eigenvalue weighted by Gasteiger charge is -2.14. The van der Waals surface area contributed by atoms with Gasteiger partial charge in [0.05, 0.1) is 17.7 Å². The topological polar surface area (TPSA) is 72.7 Å². The maximum atomic E-state index is 12.9. The van der Waals surface area contributed by atoms with Gasteiger partial charge in [-0.05, 0) is 56.2 Å². The Kier molecular flexibility index (Phi) is 7.85. The van der Waals surface area contributed by atoms with Gasteiger partial charge >= 0.3 is 5.97 Å². The van der Waals surface area contributed by atoms with Gasteiger partial charge in [0, 0.05) is 29.9 Å². The summed E-state index contributed by atoms with van der Waals surface area (Å²) in [6.45, 7) is 7.31. The van der Waals surface area contributed by atoms with E-state index in [0.717, 1.165) is 33.4 Å². The monoisotopic (exact) mass is 472 g/mol. The molecule has 4 rings (SSSR count). The number of hydrogen-bond acceptors (Lipinski definition) is 5. The van der Waals surface area contributed by atoms with Crippen molar-refractivity contribution in [3.63, 3.8) is 0 Å². The number of benzene rings is 3. The number of para-hydroxylation sites is 1. The molecule has 6 nitrogen and oxygen atoms in total. The van der Waals surface area contributed by atoms with Crippen molar-refractivity contribution in [1.82, 2.24) is 9.88 Å². The molecule has 0 fully saturated rings. The van der Waals surface area contributed by atoms with E-state index < -0.39 is 6.10 Å². The Hall–Kier alpha value is -3.61. The van der Waals surface area contributed by atoms with Crippen LogP contribution in [-0.4, -0.2) is 41.5 Å². The number of ether oxygens (including phenoxy) is 2. The van der Waals surface area contributed by atoms with E-state index >= 15 is 0 Å². The first-order chi connectivity index (χ1) is 17.0. The van der Waals surface area contributed by atoms with Crippen LogP contribution in [0.4, 0.5) is 0 Å². The molecule has 0 spiro atoms. The van der Waals surface area contributed by atoms with Gasteiger partial charge in [0.1, 0.15) is 18.5 Å². The van der Waals surface area contributed by atoms with Crippen LogP contribution in [0.3, 0.4) is 0 Å². The zero-order valence-electron chi connectivity index (χ0n) is 20.5. The van der Waals surface area contributed by atoms with E-state index in [9.17, 15) is 9.90 Å². The minimum atomic E-state index is -0.669. The molecular formula is C29H32N2O4. The van der Waals surface area contributed by atoms with Crippen LogP contribution in [-0.2, 0) is 11.3 Å². The van der Waals surface area contributed by atoms with Crippen LogP contribution in [0, 0.1) is 13.8 Å². The lowest BCUT2D eigenvalue weighted by molar-refractivity contribution is 0.0527. The molecule has 4 aromatic rings. The number of aliphatic hydroxyl groups excluding tert-OH is 1. The first kappa shape index (κ1) is 24.5. The minimum Gasteiger partial charge on any atom is -0.491 e. The van der Waals surface area contributed by atoms with Gasteiger partial charge in [0.2, 0.25) is 0 Å². The molecule has 0 aliphatic heterocycles. The maximum absolute atomic E-state index is 12.9. The number of aromatic nitrogens is 1. The SMILES string of the molecule is CCOC(=O)c1c(C)n(-c2ccccc2C)c2ccc(OCC(O)CNCc3ccccc3)cc12. The number of carbonyl (C=O) groups is 1. The molecule has 0 bridgehead atoms. The molecule has 0 aliphatic rings. The summed E-state index contributed by atoms with van der Waals surface area (Å²) in [6, 6.07) is 23.8. The standard InChI is InChI=1S/C29H32N2O4/c1-4-34-29(33)28-21(3)31(26-13-9-8-10-20(26)2)27-15-14-24(16-25(27)28)35-19-23(32)18-30-17-22-11-6-5-7-12-22/h5-16,23,30,32H,4,17-19H2,1-3H3. The van der Waals surface area contributed by atoms with Crippen LogP contribution >= 0.6 is 0 Å². The number of rotatable bonds is 10. The fourth-order valence-electron chi connectivity index (χ4n) is 4.30. The van der Waals surface area contributed by atoms with E-state index in [0.29, 0.717) is 31.0 Å². The van der Waals surface area contributed by atoms with Crippen molar-refractivity contribution in [2.24, 2.45) is 0 Å². The lowest BCUT2D eigenvalue weighted by Crippen LogP contribution is -2.31. The molecule has 0 saturated heterocycles. The van der Waals surface area contributed by atoms with Gasteiger partial charge in [-0.2, -0.15) is 0 Å². The van der Waals surface area contributed by atoms with E-state index in [2.05, 4.69) is 22.9 Å². The zero-order chi connectivity index (χ0) is 24.8. The molecule has 182 valence electrons. The van der Waals surface area contributed by atoms with Crippen molar-refractivity contribution in [3.8, 4) is 11.4 Å². The van der Waals surface area contributed by atoms with Gasteiger partial charge in [0.15, 0.2) is 0 Å². The predicted octanol–water partition coefficient (Wildman–Crippen LogP) is 4.95. The summed E-state index contributed by atoms with van der Waals surface area (Å²) in [6.07, 6.45) is -0.669. The first-order valence-electron chi connectivity index (χ1n) is 11.9. The normalized spacial score (nSPS) is 12.0. The largest absolute Gasteiger partial charge is 0.491 e. The van der Waals surface area contributed by atoms with E-state index in [1.54, 1.807) is 6.92 Å². The van der Waals surface area contributed by atoms with Crippen LogP contribution in [0.1, 0.15) is 34.1 Å². The fourth-order valence-corrected chi connectivity index (χ4v) is 4.30. The summed E-state index contributed by atoms with van der Waals surface area (Å²) >= 11 is 0. The molecule has 1 heterocycles. The highest BCUT2D eigenvalue weighted by molar-refractivity contribution is 6.07. The van der Waals surface area contributed by atoms with Crippen molar-refractivity contribution in [2.75, 3.05) is 19.8 Å². The van der Waals surface area contributed by atoms with E-state index in [1.165, 1.54) is 0 Å². The number of carbonyl (C=O) groups excluding carboxylic acids is 1. The Bertz CT molecular complexity index is 1300. The second-order valence-electron chi connectivity index (χ2n) is 8.56. The molecule has 6 heteroatoms. The fraction of sp³-hybridized carbons (Fsp3) is 0.276. The average Bonchev–Trinajstić information content (AvgIpc) is 3.15. The molecule has 2 N–H and O–H groups in total. The summed E-state index contributed by atoms with van der Waals surface area (Å²) in [4.78, 5) is 12.9. The summed E-state index contributed by atoms with van der Waals surface area (Å²) < 4.78 is 13.4. The zero-order valence-corrected chi connectivity index (χ0v) is 20.5. The summed E-state index contributed by atoms with van der Waals surface area (Å²) in [7, 11) is 0. The van der Waals surface area contributed by atoms with Crippen molar-refractivity contribution >= 4 is 16.9 Å². The van der Waals surface area contributed by atoms with Crippen LogP contribution in [0.15, 0.2) is 72.8 Å². The van der Waals surface area contributed by atoms with Crippen LogP contribution in [0.5, 0.6) is 5.75 Å². The van der Waals surface area contributed by atoms with E-state index in [-0.39, 0.29) is 12.6 Å². The molecule has 3 aromatic carbocycles. The number of fused-ring (bicyclic) bond motifs is 1. The third kappa shape index (κ3) is 5.56. The Labute approximate surface area is 206 Å². The van der Waals surface area contributed by atoms with Crippen molar-refractivity contribution in [2.45, 2.75) is 33.4 Å². The van der Waals surface area contributed by atoms with Crippen LogP contribution in [0.25, 0.3) is 16.6 Å². The predicted molar refractivity (Wildman–Crippen MR) is 138 cm³/mol. The van der Waals surface area contributed by atoms with Gasteiger partial charge in [0.25, 0.3) is 0 Å². The van der Waals surface area contributed by atoms with Crippen molar-refractivity contribution < 1.29 is 19.4 Å². The number of hydrogen-bond donors (Lipinski definition) is 2. The van der Waals surface area contributed by atoms with Gasteiger partial charge < -0.3 is 24.5 Å². The molecule has 0 amide bonds. The molecule has 1 atom stereocenters. The highest BCUT2D eigenvalue weighted by Gasteiger charge is 2.23. The summed E-state index contributed by atoms with van der Waals surface area (Å²) in [5.41, 5.74) is 5.52. The number of aryl methyl sites for hydroxylation is 1. The second kappa shape index (κ2) is 11.2. The number of nitrogens with zero attached hydrogens (tertiary/aromatic N) is 1. The average molecular weight is 473 g/mol. The maximum Gasteiger partial charge on any atom is 0.340 e. The van der Waals surface area contributed by atoms with E-state index in [4.69, 9.17) is 9.47 Å². The quantitative estimate of drug-likeness (QED) is 0.320. The Morgan fingerprint density at radius 2 is 1.77 bits per heavy atom. The molecular weight excluding hydrogens is 440 g/mol. The van der Waals surface area contributed by atoms with Gasteiger partial charge in [-0.15, -0.1) is 0 Å². The molecule has 1 aromatic heterocycles. The highest BCUT2D eigenvalue weighted by atomic mass is 16.5.